The first kappa shape index (κ1) is 19.9. The summed E-state index contributed by atoms with van der Waals surface area (Å²) in [5.41, 5.74) is 0.848. The topological polar surface area (TPSA) is 71.7 Å². The van der Waals surface area contributed by atoms with Crippen LogP contribution in [0.25, 0.3) is 10.8 Å². The SMILES string of the molecule is CCOCCCNC(=NC)NCc1coc(-c2cccs2)n1.I. The maximum atomic E-state index is 5.48. The number of nitrogens with zero attached hydrogens (tertiary/aromatic N) is 2. The maximum absolute atomic E-state index is 5.48. The number of aliphatic imine (C=N–C) groups is 1. The predicted molar refractivity (Wildman–Crippen MR) is 105 cm³/mol. The molecular weight excluding hydrogens is 427 g/mol. The summed E-state index contributed by atoms with van der Waals surface area (Å²) in [7, 11) is 1.75. The molecule has 0 atom stereocenters. The Morgan fingerprint density at radius 3 is 3.00 bits per heavy atom. The van der Waals surface area contributed by atoms with Crippen molar-refractivity contribution in [3.05, 3.63) is 29.5 Å². The van der Waals surface area contributed by atoms with Gasteiger partial charge in [-0.2, -0.15) is 0 Å². The summed E-state index contributed by atoms with van der Waals surface area (Å²) in [4.78, 5) is 9.67. The third-order valence-corrected chi connectivity index (χ3v) is 3.76. The highest BCUT2D eigenvalue weighted by Gasteiger charge is 2.07. The molecule has 23 heavy (non-hydrogen) atoms. The summed E-state index contributed by atoms with van der Waals surface area (Å²) >= 11 is 1.61. The smallest absolute Gasteiger partial charge is 0.236 e. The zero-order chi connectivity index (χ0) is 15.6. The second kappa shape index (κ2) is 11.4. The minimum atomic E-state index is 0. The summed E-state index contributed by atoms with van der Waals surface area (Å²) in [5, 5.41) is 8.46. The van der Waals surface area contributed by atoms with Gasteiger partial charge in [-0.3, -0.25) is 4.99 Å². The van der Waals surface area contributed by atoms with E-state index in [9.17, 15) is 0 Å². The van der Waals surface area contributed by atoms with E-state index in [4.69, 9.17) is 9.15 Å². The molecular formula is C15H23IN4O2S. The molecule has 0 fully saturated rings. The number of thiophene rings is 1. The van der Waals surface area contributed by atoms with Crippen LogP contribution in [0.2, 0.25) is 0 Å². The van der Waals surface area contributed by atoms with Crippen LogP contribution in [0.15, 0.2) is 33.2 Å². The van der Waals surface area contributed by atoms with Crippen LogP contribution in [0, 0.1) is 0 Å². The zero-order valence-electron chi connectivity index (χ0n) is 13.4. The lowest BCUT2D eigenvalue weighted by molar-refractivity contribution is 0.145. The Morgan fingerprint density at radius 1 is 1.43 bits per heavy atom. The quantitative estimate of drug-likeness (QED) is 0.280. The molecule has 0 radical (unpaired) electrons. The molecule has 6 nitrogen and oxygen atoms in total. The van der Waals surface area contributed by atoms with E-state index in [0.717, 1.165) is 42.7 Å². The first-order chi connectivity index (χ1) is 10.8. The van der Waals surface area contributed by atoms with E-state index in [-0.39, 0.29) is 24.0 Å². The first-order valence-electron chi connectivity index (χ1n) is 7.34. The Balaban J connectivity index is 0.00000264. The Morgan fingerprint density at radius 2 is 2.30 bits per heavy atom. The molecule has 8 heteroatoms. The number of aromatic nitrogens is 1. The predicted octanol–water partition coefficient (Wildman–Crippen LogP) is 3.11. The molecule has 2 aromatic heterocycles. The van der Waals surface area contributed by atoms with E-state index in [2.05, 4.69) is 20.6 Å². The van der Waals surface area contributed by atoms with Gasteiger partial charge >= 0.3 is 0 Å². The van der Waals surface area contributed by atoms with Crippen LogP contribution in [-0.2, 0) is 11.3 Å². The van der Waals surface area contributed by atoms with Crippen molar-refractivity contribution >= 4 is 41.3 Å². The molecule has 0 bridgehead atoms. The van der Waals surface area contributed by atoms with Crippen molar-refractivity contribution in [1.29, 1.82) is 0 Å². The lowest BCUT2D eigenvalue weighted by Gasteiger charge is -2.10. The molecule has 0 amide bonds. The van der Waals surface area contributed by atoms with Gasteiger partial charge in [0.15, 0.2) is 5.96 Å². The first-order valence-corrected chi connectivity index (χ1v) is 8.22. The highest BCUT2D eigenvalue weighted by atomic mass is 127. The van der Waals surface area contributed by atoms with E-state index in [1.54, 1.807) is 24.6 Å². The monoisotopic (exact) mass is 450 g/mol. The third kappa shape index (κ3) is 6.88. The molecule has 0 unspecified atom stereocenters. The number of oxazole rings is 1. The molecule has 2 N–H and O–H groups in total. The van der Waals surface area contributed by atoms with Crippen LogP contribution >= 0.6 is 35.3 Å². The molecule has 0 saturated carbocycles. The van der Waals surface area contributed by atoms with Gasteiger partial charge in [0.1, 0.15) is 6.26 Å². The summed E-state index contributed by atoms with van der Waals surface area (Å²) in [5.74, 6) is 1.41. The second-order valence-corrected chi connectivity index (χ2v) is 5.47. The van der Waals surface area contributed by atoms with E-state index < -0.39 is 0 Å². The summed E-state index contributed by atoms with van der Waals surface area (Å²) in [6, 6.07) is 3.97. The highest BCUT2D eigenvalue weighted by Crippen LogP contribution is 2.23. The number of hydrogen-bond acceptors (Lipinski definition) is 5. The van der Waals surface area contributed by atoms with Crippen molar-refractivity contribution in [1.82, 2.24) is 15.6 Å². The number of guanidine groups is 1. The number of ether oxygens (including phenoxy) is 1. The van der Waals surface area contributed by atoms with Gasteiger partial charge in [-0.1, -0.05) is 6.07 Å². The van der Waals surface area contributed by atoms with Gasteiger partial charge in [-0.25, -0.2) is 4.98 Å². The van der Waals surface area contributed by atoms with Crippen LogP contribution < -0.4 is 10.6 Å². The van der Waals surface area contributed by atoms with Crippen LogP contribution in [-0.4, -0.2) is 37.7 Å². The van der Waals surface area contributed by atoms with E-state index in [1.165, 1.54) is 0 Å². The van der Waals surface area contributed by atoms with E-state index >= 15 is 0 Å². The van der Waals surface area contributed by atoms with Gasteiger partial charge in [0.05, 0.1) is 17.1 Å². The molecule has 0 aliphatic carbocycles. The van der Waals surface area contributed by atoms with Crippen molar-refractivity contribution < 1.29 is 9.15 Å². The van der Waals surface area contributed by atoms with Gasteiger partial charge in [0.2, 0.25) is 5.89 Å². The van der Waals surface area contributed by atoms with Gasteiger partial charge in [0, 0.05) is 26.8 Å². The summed E-state index contributed by atoms with van der Waals surface area (Å²) in [6.07, 6.45) is 2.62. The van der Waals surface area contributed by atoms with Gasteiger partial charge in [-0.05, 0) is 24.8 Å². The number of halogens is 1. The lowest BCUT2D eigenvalue weighted by atomic mass is 10.4. The molecule has 0 aliphatic heterocycles. The maximum Gasteiger partial charge on any atom is 0.236 e. The van der Waals surface area contributed by atoms with Crippen molar-refractivity contribution in [3.8, 4) is 10.8 Å². The molecule has 0 aliphatic rings. The Kier molecular flexibility index (Phi) is 9.88. The molecule has 2 aromatic rings. The molecule has 2 rings (SSSR count). The van der Waals surface area contributed by atoms with Crippen molar-refractivity contribution in [2.24, 2.45) is 4.99 Å². The summed E-state index contributed by atoms with van der Waals surface area (Å²) in [6.45, 7) is 4.90. The molecule has 2 heterocycles. The molecule has 0 aromatic carbocycles. The number of nitrogens with one attached hydrogen (secondary N) is 2. The molecule has 128 valence electrons. The van der Waals surface area contributed by atoms with E-state index in [1.807, 2.05) is 24.4 Å². The third-order valence-electron chi connectivity index (χ3n) is 2.91. The van der Waals surface area contributed by atoms with Crippen LogP contribution in [0.3, 0.4) is 0 Å². The van der Waals surface area contributed by atoms with Crippen LogP contribution in [0.4, 0.5) is 0 Å². The fraction of sp³-hybridized carbons (Fsp3) is 0.467. The Hall–Kier alpha value is -1.13. The van der Waals surface area contributed by atoms with Crippen molar-refractivity contribution in [2.45, 2.75) is 19.9 Å². The summed E-state index contributed by atoms with van der Waals surface area (Å²) < 4.78 is 10.8. The van der Waals surface area contributed by atoms with Gasteiger partial charge in [-0.15, -0.1) is 35.3 Å². The standard InChI is InChI=1S/C15H22N4O2S.HI/c1-3-20-8-5-7-17-15(16-2)18-10-12-11-21-14(19-12)13-6-4-9-22-13;/h4,6,9,11H,3,5,7-8,10H2,1-2H3,(H2,16,17,18);1H. The fourth-order valence-electron chi connectivity index (χ4n) is 1.82. The largest absolute Gasteiger partial charge is 0.443 e. The zero-order valence-corrected chi connectivity index (χ0v) is 16.5. The van der Waals surface area contributed by atoms with Crippen LogP contribution in [0.1, 0.15) is 19.0 Å². The minimum Gasteiger partial charge on any atom is -0.443 e. The number of rotatable bonds is 8. The Bertz CT molecular complexity index is 572. The normalized spacial score (nSPS) is 11.1. The van der Waals surface area contributed by atoms with E-state index in [0.29, 0.717) is 12.4 Å². The minimum absolute atomic E-state index is 0. The van der Waals surface area contributed by atoms with Crippen molar-refractivity contribution in [3.63, 3.8) is 0 Å². The lowest BCUT2D eigenvalue weighted by Crippen LogP contribution is -2.37. The average molecular weight is 450 g/mol. The second-order valence-electron chi connectivity index (χ2n) is 4.52. The Labute approximate surface area is 157 Å². The van der Waals surface area contributed by atoms with Gasteiger partial charge < -0.3 is 19.8 Å². The fourth-order valence-corrected chi connectivity index (χ4v) is 2.48. The van der Waals surface area contributed by atoms with Crippen molar-refractivity contribution in [2.75, 3.05) is 26.8 Å². The van der Waals surface area contributed by atoms with Gasteiger partial charge in [0.25, 0.3) is 0 Å². The average Bonchev–Trinajstić information content (AvgIpc) is 3.20. The molecule has 0 spiro atoms. The van der Waals surface area contributed by atoms with Crippen LogP contribution in [0.5, 0.6) is 0 Å². The molecule has 0 saturated heterocycles. The highest BCUT2D eigenvalue weighted by molar-refractivity contribution is 14.0. The number of hydrogen-bond donors (Lipinski definition) is 2.